The van der Waals surface area contributed by atoms with E-state index in [0.29, 0.717) is 16.7 Å². The lowest BCUT2D eigenvalue weighted by molar-refractivity contribution is 0.0943. The standard InChI is InChI=1S/C21H15NO/c22-16-21(18-12-6-2-7-13-18,19-14-8-3-9-15-19)20(23)17-10-4-1-5-11-17/h1-15H. The zero-order chi connectivity index (χ0) is 16.1. The second-order valence-corrected chi connectivity index (χ2v) is 5.29. The van der Waals surface area contributed by atoms with Crippen molar-refractivity contribution in [2.45, 2.75) is 5.41 Å². The number of rotatable bonds is 4. The number of hydrogen-bond acceptors (Lipinski definition) is 2. The molecule has 0 heterocycles. The lowest BCUT2D eigenvalue weighted by Gasteiger charge is -2.26. The molecule has 3 aromatic rings. The zero-order valence-electron chi connectivity index (χ0n) is 12.5. The number of nitriles is 1. The maximum absolute atomic E-state index is 13.3. The normalized spacial score (nSPS) is 10.7. The highest BCUT2D eigenvalue weighted by atomic mass is 16.1. The molecular formula is C21H15NO. The van der Waals surface area contributed by atoms with E-state index < -0.39 is 5.41 Å². The fraction of sp³-hybridized carbons (Fsp3) is 0.0476. The van der Waals surface area contributed by atoms with Crippen molar-refractivity contribution in [2.24, 2.45) is 0 Å². The van der Waals surface area contributed by atoms with Gasteiger partial charge in [-0.3, -0.25) is 4.79 Å². The van der Waals surface area contributed by atoms with E-state index in [2.05, 4.69) is 6.07 Å². The third kappa shape index (κ3) is 2.54. The van der Waals surface area contributed by atoms with Crippen LogP contribution in [0, 0.1) is 11.3 Å². The van der Waals surface area contributed by atoms with E-state index in [-0.39, 0.29) is 5.78 Å². The van der Waals surface area contributed by atoms with Gasteiger partial charge in [0.05, 0.1) is 6.07 Å². The Bertz CT molecular complexity index is 794. The van der Waals surface area contributed by atoms with Gasteiger partial charge in [-0.1, -0.05) is 91.0 Å². The van der Waals surface area contributed by atoms with Gasteiger partial charge in [-0.2, -0.15) is 5.26 Å². The Hall–Kier alpha value is -3.18. The quantitative estimate of drug-likeness (QED) is 0.671. The number of ketones is 1. The predicted molar refractivity (Wildman–Crippen MR) is 90.0 cm³/mol. The molecule has 2 nitrogen and oxygen atoms in total. The molecule has 3 aromatic carbocycles. The van der Waals surface area contributed by atoms with Crippen LogP contribution in [0.2, 0.25) is 0 Å². The predicted octanol–water partition coefficient (Wildman–Crippen LogP) is 4.38. The van der Waals surface area contributed by atoms with Crippen molar-refractivity contribution in [2.75, 3.05) is 0 Å². The van der Waals surface area contributed by atoms with Crippen molar-refractivity contribution in [1.29, 1.82) is 5.26 Å². The van der Waals surface area contributed by atoms with E-state index in [9.17, 15) is 10.1 Å². The highest BCUT2D eigenvalue weighted by Gasteiger charge is 2.42. The minimum Gasteiger partial charge on any atom is -0.292 e. The number of Topliss-reactive ketones (excluding diaryl/α,β-unsaturated/α-hetero) is 1. The highest BCUT2D eigenvalue weighted by molar-refractivity contribution is 6.08. The van der Waals surface area contributed by atoms with Crippen LogP contribution >= 0.6 is 0 Å². The van der Waals surface area contributed by atoms with E-state index in [1.807, 2.05) is 78.9 Å². The third-order valence-corrected chi connectivity index (χ3v) is 3.96. The molecule has 23 heavy (non-hydrogen) atoms. The first-order valence-electron chi connectivity index (χ1n) is 7.41. The van der Waals surface area contributed by atoms with Crippen LogP contribution in [-0.4, -0.2) is 5.78 Å². The van der Waals surface area contributed by atoms with Crippen molar-refractivity contribution in [3.63, 3.8) is 0 Å². The minimum absolute atomic E-state index is 0.210. The first kappa shape index (κ1) is 14.7. The van der Waals surface area contributed by atoms with Crippen LogP contribution < -0.4 is 0 Å². The molecule has 0 unspecified atom stereocenters. The van der Waals surface area contributed by atoms with Crippen molar-refractivity contribution in [3.8, 4) is 6.07 Å². The summed E-state index contributed by atoms with van der Waals surface area (Å²) in [6, 6.07) is 29.8. The molecule has 0 aliphatic heterocycles. The Labute approximate surface area is 135 Å². The van der Waals surface area contributed by atoms with Gasteiger partial charge in [-0.15, -0.1) is 0 Å². The average Bonchev–Trinajstić information content (AvgIpc) is 2.65. The molecule has 0 atom stereocenters. The molecule has 0 aliphatic carbocycles. The molecule has 0 spiro atoms. The summed E-state index contributed by atoms with van der Waals surface area (Å²) in [6.07, 6.45) is 0. The van der Waals surface area contributed by atoms with Gasteiger partial charge in [-0.25, -0.2) is 0 Å². The number of benzene rings is 3. The zero-order valence-corrected chi connectivity index (χ0v) is 12.5. The number of nitrogens with zero attached hydrogens (tertiary/aromatic N) is 1. The first-order chi connectivity index (χ1) is 11.3. The van der Waals surface area contributed by atoms with E-state index in [1.54, 1.807) is 12.1 Å². The molecule has 0 bridgehead atoms. The maximum atomic E-state index is 13.3. The van der Waals surface area contributed by atoms with Crippen LogP contribution in [0.3, 0.4) is 0 Å². The second kappa shape index (κ2) is 6.29. The molecule has 0 aliphatic rings. The van der Waals surface area contributed by atoms with Gasteiger partial charge in [0.1, 0.15) is 0 Å². The molecule has 0 amide bonds. The van der Waals surface area contributed by atoms with E-state index in [0.717, 1.165) is 0 Å². The van der Waals surface area contributed by atoms with E-state index >= 15 is 0 Å². The lowest BCUT2D eigenvalue weighted by Crippen LogP contribution is -2.35. The summed E-state index contributed by atoms with van der Waals surface area (Å²) >= 11 is 0. The Morgan fingerprint density at radius 3 is 1.48 bits per heavy atom. The largest absolute Gasteiger partial charge is 0.292 e. The molecule has 0 radical (unpaired) electrons. The number of carbonyl (C=O) groups is 1. The van der Waals surface area contributed by atoms with E-state index in [1.165, 1.54) is 0 Å². The number of carbonyl (C=O) groups excluding carboxylic acids is 1. The summed E-state index contributed by atoms with van der Waals surface area (Å²) in [7, 11) is 0. The monoisotopic (exact) mass is 297 g/mol. The van der Waals surface area contributed by atoms with Gasteiger partial charge in [0.2, 0.25) is 0 Å². The number of hydrogen-bond donors (Lipinski definition) is 0. The topological polar surface area (TPSA) is 40.9 Å². The van der Waals surface area contributed by atoms with Crippen molar-refractivity contribution < 1.29 is 4.79 Å². The maximum Gasteiger partial charge on any atom is 0.192 e. The summed E-state index contributed by atoms with van der Waals surface area (Å²) in [6.45, 7) is 0. The minimum atomic E-state index is -1.34. The van der Waals surface area contributed by atoms with Crippen LogP contribution in [0.4, 0.5) is 0 Å². The second-order valence-electron chi connectivity index (χ2n) is 5.29. The SMILES string of the molecule is N#CC(C(=O)c1ccccc1)(c1ccccc1)c1ccccc1. The third-order valence-electron chi connectivity index (χ3n) is 3.96. The van der Waals surface area contributed by atoms with Crippen LogP contribution in [0.1, 0.15) is 21.5 Å². The molecule has 110 valence electrons. The van der Waals surface area contributed by atoms with Gasteiger partial charge in [0.15, 0.2) is 11.2 Å². The van der Waals surface area contributed by atoms with Crippen molar-refractivity contribution in [3.05, 3.63) is 108 Å². The fourth-order valence-electron chi connectivity index (χ4n) is 2.79. The molecule has 0 N–H and O–H groups in total. The van der Waals surface area contributed by atoms with Gasteiger partial charge < -0.3 is 0 Å². The van der Waals surface area contributed by atoms with Crippen LogP contribution in [0.5, 0.6) is 0 Å². The molecule has 3 rings (SSSR count). The van der Waals surface area contributed by atoms with Crippen molar-refractivity contribution >= 4 is 5.78 Å². The Kier molecular flexibility index (Phi) is 4.03. The molecule has 2 heteroatoms. The molecular weight excluding hydrogens is 282 g/mol. The van der Waals surface area contributed by atoms with Crippen LogP contribution in [0.25, 0.3) is 0 Å². The highest BCUT2D eigenvalue weighted by Crippen LogP contribution is 2.35. The molecule has 0 saturated heterocycles. The first-order valence-corrected chi connectivity index (χ1v) is 7.41. The van der Waals surface area contributed by atoms with Crippen LogP contribution in [-0.2, 0) is 5.41 Å². The summed E-state index contributed by atoms with van der Waals surface area (Å²) < 4.78 is 0. The molecule has 0 fully saturated rings. The Morgan fingerprint density at radius 1 is 0.696 bits per heavy atom. The van der Waals surface area contributed by atoms with Crippen LogP contribution in [0.15, 0.2) is 91.0 Å². The van der Waals surface area contributed by atoms with Gasteiger partial charge in [-0.05, 0) is 11.1 Å². The van der Waals surface area contributed by atoms with Gasteiger partial charge >= 0.3 is 0 Å². The average molecular weight is 297 g/mol. The fourth-order valence-corrected chi connectivity index (χ4v) is 2.79. The molecule has 0 aromatic heterocycles. The Balaban J connectivity index is 2.27. The summed E-state index contributed by atoms with van der Waals surface area (Å²) in [5.41, 5.74) is 0.552. The summed E-state index contributed by atoms with van der Waals surface area (Å²) in [4.78, 5) is 13.3. The van der Waals surface area contributed by atoms with Gasteiger partial charge in [0, 0.05) is 5.56 Å². The van der Waals surface area contributed by atoms with E-state index in [4.69, 9.17) is 0 Å². The van der Waals surface area contributed by atoms with Crippen molar-refractivity contribution in [1.82, 2.24) is 0 Å². The summed E-state index contributed by atoms with van der Waals surface area (Å²) in [5, 5.41) is 10.0. The molecule has 0 saturated carbocycles. The lowest BCUT2D eigenvalue weighted by atomic mass is 9.70. The van der Waals surface area contributed by atoms with Gasteiger partial charge in [0.25, 0.3) is 0 Å². The Morgan fingerprint density at radius 2 is 1.09 bits per heavy atom. The summed E-state index contributed by atoms with van der Waals surface area (Å²) in [5.74, 6) is -0.210. The smallest absolute Gasteiger partial charge is 0.192 e.